The van der Waals surface area contributed by atoms with Crippen LogP contribution in [-0.4, -0.2) is 27.4 Å². The molecule has 8 heteroatoms. The second-order valence-corrected chi connectivity index (χ2v) is 8.88. The molecule has 6 nitrogen and oxygen atoms in total. The number of halogens is 1. The van der Waals surface area contributed by atoms with Crippen molar-refractivity contribution < 1.29 is 4.79 Å². The van der Waals surface area contributed by atoms with E-state index in [1.165, 1.54) is 11.8 Å². The fraction of sp³-hybridized carbons (Fsp3) is 0.0833. The summed E-state index contributed by atoms with van der Waals surface area (Å²) in [4.78, 5) is 30.3. The number of aromatic nitrogens is 2. The number of fused-ring (bicyclic) bond motifs is 1. The van der Waals surface area contributed by atoms with Crippen LogP contribution in [0.2, 0.25) is 0 Å². The summed E-state index contributed by atoms with van der Waals surface area (Å²) in [5.41, 5.74) is 5.50. The lowest BCUT2D eigenvalue weighted by Gasteiger charge is -2.13. The SMILES string of the molecule is Cc1ccc2nc(SCC(=O)N/N=C/c3ccc(Br)cc3)n(-c3ccccc3)c(=O)c2c1. The minimum absolute atomic E-state index is 0.0638. The Bertz CT molecular complexity index is 1350. The summed E-state index contributed by atoms with van der Waals surface area (Å²) in [6.45, 7) is 1.94. The predicted octanol–water partition coefficient (Wildman–Crippen LogP) is 4.70. The van der Waals surface area contributed by atoms with E-state index < -0.39 is 0 Å². The van der Waals surface area contributed by atoms with Crippen molar-refractivity contribution in [2.45, 2.75) is 12.1 Å². The van der Waals surface area contributed by atoms with Crippen LogP contribution in [0.25, 0.3) is 16.6 Å². The number of amides is 1. The van der Waals surface area contributed by atoms with E-state index in [1.54, 1.807) is 10.8 Å². The Labute approximate surface area is 197 Å². The van der Waals surface area contributed by atoms with Gasteiger partial charge >= 0.3 is 0 Å². The molecule has 0 saturated carbocycles. The van der Waals surface area contributed by atoms with Gasteiger partial charge in [-0.25, -0.2) is 10.4 Å². The molecule has 0 spiro atoms. The Kier molecular flexibility index (Phi) is 6.82. The Morgan fingerprint density at radius 2 is 1.88 bits per heavy atom. The Hall–Kier alpha value is -3.23. The van der Waals surface area contributed by atoms with Gasteiger partial charge in [0.2, 0.25) is 0 Å². The summed E-state index contributed by atoms with van der Waals surface area (Å²) < 4.78 is 2.52. The molecule has 0 bridgehead atoms. The largest absolute Gasteiger partial charge is 0.272 e. The highest BCUT2D eigenvalue weighted by molar-refractivity contribution is 9.10. The molecule has 160 valence electrons. The highest BCUT2D eigenvalue weighted by Crippen LogP contribution is 2.21. The highest BCUT2D eigenvalue weighted by atomic mass is 79.9. The number of thioether (sulfide) groups is 1. The van der Waals surface area contributed by atoms with Gasteiger partial charge in [-0.1, -0.05) is 69.7 Å². The maximum absolute atomic E-state index is 13.3. The molecule has 0 radical (unpaired) electrons. The lowest BCUT2D eigenvalue weighted by atomic mass is 10.1. The molecule has 1 amide bonds. The van der Waals surface area contributed by atoms with Crippen LogP contribution in [0.5, 0.6) is 0 Å². The molecule has 0 aliphatic rings. The van der Waals surface area contributed by atoms with E-state index in [4.69, 9.17) is 0 Å². The molecule has 1 N–H and O–H groups in total. The number of carbonyl (C=O) groups excluding carboxylic acids is 1. The van der Waals surface area contributed by atoms with E-state index in [0.717, 1.165) is 15.6 Å². The van der Waals surface area contributed by atoms with Crippen molar-refractivity contribution in [1.29, 1.82) is 0 Å². The van der Waals surface area contributed by atoms with E-state index in [0.29, 0.717) is 21.7 Å². The molecule has 1 aromatic heterocycles. The molecule has 1 heterocycles. The summed E-state index contributed by atoms with van der Waals surface area (Å²) in [5.74, 6) is -0.227. The number of nitrogens with one attached hydrogen (secondary N) is 1. The van der Waals surface area contributed by atoms with Crippen LogP contribution in [0.3, 0.4) is 0 Å². The number of hydrogen-bond acceptors (Lipinski definition) is 5. The van der Waals surface area contributed by atoms with Gasteiger partial charge in [-0.3, -0.25) is 14.2 Å². The second kappa shape index (κ2) is 9.93. The normalized spacial score (nSPS) is 11.2. The fourth-order valence-corrected chi connectivity index (χ4v) is 4.14. The van der Waals surface area contributed by atoms with E-state index in [1.807, 2.05) is 79.7 Å². The number of hydrazone groups is 1. The van der Waals surface area contributed by atoms with E-state index in [2.05, 4.69) is 31.4 Å². The first kappa shape index (κ1) is 22.0. The highest BCUT2D eigenvalue weighted by Gasteiger charge is 2.15. The van der Waals surface area contributed by atoms with Gasteiger partial charge in [-0.15, -0.1) is 0 Å². The third-order valence-corrected chi connectivity index (χ3v) is 6.08. The van der Waals surface area contributed by atoms with Gasteiger partial charge in [-0.2, -0.15) is 5.10 Å². The van der Waals surface area contributed by atoms with Gasteiger partial charge in [0.15, 0.2) is 5.16 Å². The van der Waals surface area contributed by atoms with Gasteiger partial charge in [-0.05, 0) is 48.9 Å². The van der Waals surface area contributed by atoms with Crippen LogP contribution >= 0.6 is 27.7 Å². The minimum Gasteiger partial charge on any atom is -0.272 e. The number of nitrogens with zero attached hydrogens (tertiary/aromatic N) is 3. The number of hydrogen-bond donors (Lipinski definition) is 1. The molecular formula is C24H19BrN4O2S. The van der Waals surface area contributed by atoms with E-state index in [9.17, 15) is 9.59 Å². The maximum Gasteiger partial charge on any atom is 0.266 e. The van der Waals surface area contributed by atoms with Gasteiger partial charge < -0.3 is 0 Å². The lowest BCUT2D eigenvalue weighted by Crippen LogP contribution is -2.24. The molecule has 4 aromatic rings. The zero-order chi connectivity index (χ0) is 22.5. The maximum atomic E-state index is 13.3. The number of para-hydroxylation sites is 1. The number of aryl methyl sites for hydroxylation is 1. The molecular weight excluding hydrogens is 488 g/mol. The van der Waals surface area contributed by atoms with Crippen LogP contribution in [0.15, 0.2) is 92.3 Å². The van der Waals surface area contributed by atoms with Gasteiger partial charge in [0.25, 0.3) is 11.5 Å². The van der Waals surface area contributed by atoms with Crippen molar-refractivity contribution in [2.24, 2.45) is 5.10 Å². The third-order valence-electron chi connectivity index (χ3n) is 4.61. The first-order chi connectivity index (χ1) is 15.5. The zero-order valence-corrected chi connectivity index (χ0v) is 19.6. The Morgan fingerprint density at radius 1 is 1.12 bits per heavy atom. The topological polar surface area (TPSA) is 76.3 Å². The van der Waals surface area contributed by atoms with E-state index >= 15 is 0 Å². The van der Waals surface area contributed by atoms with Crippen LogP contribution in [0.1, 0.15) is 11.1 Å². The average Bonchev–Trinajstić information content (AvgIpc) is 2.80. The van der Waals surface area contributed by atoms with Crippen molar-refractivity contribution >= 4 is 50.7 Å². The lowest BCUT2D eigenvalue weighted by molar-refractivity contribution is -0.118. The summed E-state index contributed by atoms with van der Waals surface area (Å²) in [6, 6.07) is 22.4. The Balaban J connectivity index is 1.56. The van der Waals surface area contributed by atoms with Crippen LogP contribution in [0, 0.1) is 6.92 Å². The summed E-state index contributed by atoms with van der Waals surface area (Å²) in [7, 11) is 0. The monoisotopic (exact) mass is 506 g/mol. The third kappa shape index (κ3) is 5.15. The van der Waals surface area contributed by atoms with Crippen molar-refractivity contribution in [1.82, 2.24) is 15.0 Å². The first-order valence-corrected chi connectivity index (χ1v) is 11.6. The first-order valence-electron chi connectivity index (χ1n) is 9.80. The summed E-state index contributed by atoms with van der Waals surface area (Å²) in [5, 5.41) is 4.99. The second-order valence-electron chi connectivity index (χ2n) is 7.02. The van der Waals surface area contributed by atoms with Gasteiger partial charge in [0, 0.05) is 4.47 Å². The zero-order valence-electron chi connectivity index (χ0n) is 17.2. The average molecular weight is 507 g/mol. The van der Waals surface area contributed by atoms with Crippen LogP contribution < -0.4 is 11.0 Å². The summed E-state index contributed by atoms with van der Waals surface area (Å²) in [6.07, 6.45) is 1.57. The van der Waals surface area contributed by atoms with Gasteiger partial charge in [0.05, 0.1) is 28.6 Å². The number of carbonyl (C=O) groups is 1. The molecule has 0 aliphatic carbocycles. The standard InChI is InChI=1S/C24H19BrN4O2S/c1-16-7-12-21-20(13-16)23(31)29(19-5-3-2-4-6-19)24(27-21)32-15-22(30)28-26-14-17-8-10-18(25)11-9-17/h2-14H,15H2,1H3,(H,28,30)/b26-14+. The summed E-state index contributed by atoms with van der Waals surface area (Å²) >= 11 is 4.57. The van der Waals surface area contributed by atoms with E-state index in [-0.39, 0.29) is 17.2 Å². The molecule has 0 aliphatic heterocycles. The quantitative estimate of drug-likeness (QED) is 0.178. The van der Waals surface area contributed by atoms with Crippen LogP contribution in [0.4, 0.5) is 0 Å². The molecule has 3 aromatic carbocycles. The molecule has 0 fully saturated rings. The van der Waals surface area contributed by atoms with Crippen LogP contribution in [-0.2, 0) is 4.79 Å². The molecule has 4 rings (SSSR count). The van der Waals surface area contributed by atoms with Crippen molar-refractivity contribution in [3.05, 3.63) is 98.7 Å². The van der Waals surface area contributed by atoms with Crippen molar-refractivity contribution in [2.75, 3.05) is 5.75 Å². The smallest absolute Gasteiger partial charge is 0.266 e. The fourth-order valence-electron chi connectivity index (χ4n) is 3.07. The molecule has 0 unspecified atom stereocenters. The number of benzene rings is 3. The molecule has 0 atom stereocenters. The Morgan fingerprint density at radius 3 is 2.62 bits per heavy atom. The number of rotatable bonds is 6. The molecule has 32 heavy (non-hydrogen) atoms. The van der Waals surface area contributed by atoms with Gasteiger partial charge in [0.1, 0.15) is 0 Å². The molecule has 0 saturated heterocycles. The minimum atomic E-state index is -0.291. The van der Waals surface area contributed by atoms with Crippen molar-refractivity contribution in [3.63, 3.8) is 0 Å². The van der Waals surface area contributed by atoms with Crippen molar-refractivity contribution in [3.8, 4) is 5.69 Å². The predicted molar refractivity (Wildman–Crippen MR) is 133 cm³/mol.